The van der Waals surface area contributed by atoms with Gasteiger partial charge >= 0.3 is 0 Å². The predicted molar refractivity (Wildman–Crippen MR) is 91.5 cm³/mol. The second-order valence-corrected chi connectivity index (χ2v) is 6.10. The molecule has 0 fully saturated rings. The Bertz CT molecular complexity index is 1080. The van der Waals surface area contributed by atoms with Crippen molar-refractivity contribution in [1.82, 2.24) is 15.0 Å². The Balaban J connectivity index is 1.75. The zero-order chi connectivity index (χ0) is 17.4. The quantitative estimate of drug-likeness (QED) is 0.577. The summed E-state index contributed by atoms with van der Waals surface area (Å²) in [5.41, 5.74) is 1.81. The summed E-state index contributed by atoms with van der Waals surface area (Å²) in [6, 6.07) is 8.63. The average molecular weight is 356 g/mol. The van der Waals surface area contributed by atoms with E-state index in [2.05, 4.69) is 20.3 Å². The Hall–Kier alpha value is -3.13. The molecule has 0 spiro atoms. The Kier molecular flexibility index (Phi) is 3.73. The lowest BCUT2D eigenvalue weighted by Gasteiger charge is -2.02. The van der Waals surface area contributed by atoms with Crippen LogP contribution in [0.25, 0.3) is 22.4 Å². The number of anilines is 1. The van der Waals surface area contributed by atoms with E-state index < -0.39 is 11.6 Å². The summed E-state index contributed by atoms with van der Waals surface area (Å²) >= 11 is 1.31. The van der Waals surface area contributed by atoms with Crippen molar-refractivity contribution in [3.63, 3.8) is 0 Å². The zero-order valence-corrected chi connectivity index (χ0v) is 13.4. The number of para-hydroxylation sites is 1. The van der Waals surface area contributed by atoms with Gasteiger partial charge in [-0.15, -0.1) is 11.3 Å². The van der Waals surface area contributed by atoms with Gasteiger partial charge in [0.05, 0.1) is 11.1 Å². The van der Waals surface area contributed by atoms with Crippen LogP contribution in [0.4, 0.5) is 13.9 Å². The number of thiazole rings is 1. The first-order valence-corrected chi connectivity index (χ1v) is 8.15. The maximum Gasteiger partial charge on any atom is 0.259 e. The number of benzene rings is 2. The maximum absolute atomic E-state index is 13.5. The molecule has 0 unspecified atom stereocenters. The predicted octanol–water partition coefficient (Wildman–Crippen LogP) is 4.22. The highest BCUT2D eigenvalue weighted by Gasteiger charge is 2.16. The molecule has 0 saturated carbocycles. The second-order valence-electron chi connectivity index (χ2n) is 5.21. The van der Waals surface area contributed by atoms with E-state index in [-0.39, 0.29) is 5.91 Å². The number of H-pyrrole nitrogens is 1. The van der Waals surface area contributed by atoms with Crippen molar-refractivity contribution in [2.45, 2.75) is 0 Å². The molecule has 2 heterocycles. The maximum atomic E-state index is 13.5. The van der Waals surface area contributed by atoms with Crippen molar-refractivity contribution in [2.24, 2.45) is 0 Å². The van der Waals surface area contributed by atoms with Crippen molar-refractivity contribution >= 4 is 33.4 Å². The van der Waals surface area contributed by atoms with Gasteiger partial charge in [-0.1, -0.05) is 6.07 Å². The Morgan fingerprint density at radius 1 is 1.16 bits per heavy atom. The second kappa shape index (κ2) is 6.06. The zero-order valence-electron chi connectivity index (χ0n) is 12.6. The van der Waals surface area contributed by atoms with Gasteiger partial charge in [0.25, 0.3) is 5.91 Å². The molecule has 2 N–H and O–H groups in total. The number of aromatic amines is 1. The molecular weight excluding hydrogens is 346 g/mol. The van der Waals surface area contributed by atoms with Crippen LogP contribution in [0, 0.1) is 11.6 Å². The number of hydrogen-bond acceptors (Lipinski definition) is 4. The van der Waals surface area contributed by atoms with Crippen molar-refractivity contribution in [2.75, 3.05) is 5.32 Å². The highest BCUT2D eigenvalue weighted by molar-refractivity contribution is 7.13. The minimum absolute atomic E-state index is 0.344. The number of fused-ring (bicyclic) bond motifs is 1. The number of halogens is 2. The molecule has 0 aliphatic rings. The number of imidazole rings is 1. The minimum atomic E-state index is -0.959. The van der Waals surface area contributed by atoms with E-state index in [9.17, 15) is 13.6 Å². The number of nitrogens with one attached hydrogen (secondary N) is 2. The molecule has 5 nitrogen and oxygen atoms in total. The fourth-order valence-electron chi connectivity index (χ4n) is 2.45. The van der Waals surface area contributed by atoms with Crippen LogP contribution in [0.15, 0.2) is 48.0 Å². The molecule has 2 aromatic heterocycles. The average Bonchev–Trinajstić information content (AvgIpc) is 3.26. The van der Waals surface area contributed by atoms with Gasteiger partial charge in [-0.05, 0) is 30.3 Å². The fraction of sp³-hybridized carbons (Fsp3) is 0. The van der Waals surface area contributed by atoms with E-state index in [0.29, 0.717) is 33.1 Å². The van der Waals surface area contributed by atoms with Gasteiger partial charge in [-0.3, -0.25) is 10.1 Å². The van der Waals surface area contributed by atoms with E-state index in [1.165, 1.54) is 17.4 Å². The lowest BCUT2D eigenvalue weighted by molar-refractivity contribution is 0.102. The summed E-state index contributed by atoms with van der Waals surface area (Å²) in [5.74, 6) is -1.88. The molecule has 0 saturated heterocycles. The number of carbonyl (C=O) groups is 1. The van der Waals surface area contributed by atoms with E-state index in [1.54, 1.807) is 29.8 Å². The van der Waals surface area contributed by atoms with Crippen molar-refractivity contribution in [3.05, 3.63) is 65.2 Å². The van der Waals surface area contributed by atoms with E-state index >= 15 is 0 Å². The van der Waals surface area contributed by atoms with Crippen molar-refractivity contribution in [1.29, 1.82) is 0 Å². The minimum Gasteiger partial charge on any atom is -0.338 e. The van der Waals surface area contributed by atoms with Crippen molar-refractivity contribution < 1.29 is 13.6 Å². The normalized spacial score (nSPS) is 11.0. The molecule has 4 aromatic rings. The van der Waals surface area contributed by atoms with Gasteiger partial charge in [0, 0.05) is 17.1 Å². The molecule has 25 heavy (non-hydrogen) atoms. The van der Waals surface area contributed by atoms with Gasteiger partial charge < -0.3 is 4.98 Å². The number of amides is 1. The number of nitrogens with zero attached hydrogens (tertiary/aromatic N) is 2. The Morgan fingerprint density at radius 2 is 2.04 bits per heavy atom. The first-order chi connectivity index (χ1) is 12.1. The SMILES string of the molecule is O=C(Nc1nccs1)c1cccc2[nH]c(-c3ccc(F)c(F)c3)nc12. The highest BCUT2D eigenvalue weighted by atomic mass is 32.1. The molecule has 0 aliphatic heterocycles. The van der Waals surface area contributed by atoms with Crippen LogP contribution in [0.1, 0.15) is 10.4 Å². The summed E-state index contributed by atoms with van der Waals surface area (Å²) in [6.45, 7) is 0. The first kappa shape index (κ1) is 15.4. The van der Waals surface area contributed by atoms with Crippen LogP contribution < -0.4 is 5.32 Å². The third kappa shape index (κ3) is 2.87. The summed E-state index contributed by atoms with van der Waals surface area (Å²) in [5, 5.41) is 4.94. The molecule has 8 heteroatoms. The smallest absolute Gasteiger partial charge is 0.259 e. The molecule has 0 atom stereocenters. The number of rotatable bonds is 3. The van der Waals surface area contributed by atoms with Crippen LogP contribution >= 0.6 is 11.3 Å². The van der Waals surface area contributed by atoms with Gasteiger partial charge in [0.15, 0.2) is 16.8 Å². The van der Waals surface area contributed by atoms with Crippen LogP contribution in [-0.4, -0.2) is 20.9 Å². The topological polar surface area (TPSA) is 70.7 Å². The molecule has 2 aromatic carbocycles. The van der Waals surface area contributed by atoms with Gasteiger partial charge in [0.2, 0.25) is 0 Å². The molecule has 124 valence electrons. The lowest BCUT2D eigenvalue weighted by Crippen LogP contribution is -2.12. The van der Waals surface area contributed by atoms with Crippen LogP contribution in [-0.2, 0) is 0 Å². The third-order valence-electron chi connectivity index (χ3n) is 3.60. The summed E-state index contributed by atoms with van der Waals surface area (Å²) in [4.78, 5) is 23.9. The van der Waals surface area contributed by atoms with E-state index in [0.717, 1.165) is 12.1 Å². The van der Waals surface area contributed by atoms with E-state index in [4.69, 9.17) is 0 Å². The molecule has 0 aliphatic carbocycles. The molecule has 1 amide bonds. The molecule has 4 rings (SSSR count). The number of carbonyl (C=O) groups excluding carboxylic acids is 1. The van der Waals surface area contributed by atoms with Crippen LogP contribution in [0.5, 0.6) is 0 Å². The first-order valence-electron chi connectivity index (χ1n) is 7.27. The Morgan fingerprint density at radius 3 is 2.80 bits per heavy atom. The van der Waals surface area contributed by atoms with Gasteiger partial charge in [-0.25, -0.2) is 18.7 Å². The third-order valence-corrected chi connectivity index (χ3v) is 4.29. The summed E-state index contributed by atoms with van der Waals surface area (Å²) < 4.78 is 26.6. The van der Waals surface area contributed by atoms with Crippen LogP contribution in [0.3, 0.4) is 0 Å². The van der Waals surface area contributed by atoms with Gasteiger partial charge in [0.1, 0.15) is 11.3 Å². The van der Waals surface area contributed by atoms with E-state index in [1.807, 2.05) is 0 Å². The summed E-state index contributed by atoms with van der Waals surface area (Å²) in [7, 11) is 0. The van der Waals surface area contributed by atoms with Crippen LogP contribution in [0.2, 0.25) is 0 Å². The fourth-order valence-corrected chi connectivity index (χ4v) is 2.97. The van der Waals surface area contributed by atoms with Gasteiger partial charge in [-0.2, -0.15) is 0 Å². The largest absolute Gasteiger partial charge is 0.338 e. The Labute approximate surface area is 144 Å². The monoisotopic (exact) mass is 356 g/mol. The summed E-state index contributed by atoms with van der Waals surface area (Å²) in [6.07, 6.45) is 1.59. The highest BCUT2D eigenvalue weighted by Crippen LogP contribution is 2.25. The lowest BCUT2D eigenvalue weighted by atomic mass is 10.2. The molecule has 0 bridgehead atoms. The van der Waals surface area contributed by atoms with Crippen molar-refractivity contribution in [3.8, 4) is 11.4 Å². The molecule has 0 radical (unpaired) electrons. The number of aromatic nitrogens is 3. The standard InChI is InChI=1S/C17H10F2N4OS/c18-11-5-4-9(8-12(11)19)15-21-13-3-1-2-10(14(13)22-15)16(24)23-17-20-6-7-25-17/h1-8H,(H,21,22)(H,20,23,24). The molecular formula is C17H10F2N4OS. The number of hydrogen-bond donors (Lipinski definition) is 2.